The van der Waals surface area contributed by atoms with E-state index in [1.165, 1.54) is 12.1 Å². The largest absolute Gasteiger partial charge is 0.381 e. The van der Waals surface area contributed by atoms with Crippen molar-refractivity contribution in [2.75, 3.05) is 5.32 Å². The summed E-state index contributed by atoms with van der Waals surface area (Å²) in [5.41, 5.74) is 5.08. The molecule has 4 heteroatoms. The van der Waals surface area contributed by atoms with E-state index in [4.69, 9.17) is 0 Å². The molecule has 0 aliphatic rings. The number of anilines is 1. The Bertz CT molecular complexity index is 512. The van der Waals surface area contributed by atoms with Gasteiger partial charge in [-0.25, -0.2) is 4.39 Å². The first-order valence-electron chi connectivity index (χ1n) is 5.58. The average Bonchev–Trinajstić information content (AvgIpc) is 2.58. The van der Waals surface area contributed by atoms with Gasteiger partial charge in [-0.15, -0.1) is 0 Å². The van der Waals surface area contributed by atoms with E-state index < -0.39 is 0 Å². The summed E-state index contributed by atoms with van der Waals surface area (Å²) in [6.45, 7) is 6.55. The number of aromatic amines is 1. The van der Waals surface area contributed by atoms with Crippen LogP contribution in [0.1, 0.15) is 22.5 Å². The first kappa shape index (κ1) is 11.6. The number of halogens is 1. The monoisotopic (exact) mass is 233 g/mol. The van der Waals surface area contributed by atoms with Crippen LogP contribution in [0.5, 0.6) is 0 Å². The Morgan fingerprint density at radius 3 is 2.65 bits per heavy atom. The molecule has 2 rings (SSSR count). The molecule has 0 aliphatic heterocycles. The minimum absolute atomic E-state index is 0.205. The minimum atomic E-state index is -0.205. The van der Waals surface area contributed by atoms with Crippen LogP contribution in [0.25, 0.3) is 0 Å². The lowest BCUT2D eigenvalue weighted by atomic mass is 10.1. The lowest BCUT2D eigenvalue weighted by molar-refractivity contribution is 0.627. The number of nitrogens with one attached hydrogen (secondary N) is 2. The van der Waals surface area contributed by atoms with Crippen molar-refractivity contribution in [2.45, 2.75) is 27.3 Å². The lowest BCUT2D eigenvalue weighted by Crippen LogP contribution is -2.03. The Balaban J connectivity index is 2.13. The van der Waals surface area contributed by atoms with Crippen LogP contribution in [0.15, 0.2) is 18.2 Å². The van der Waals surface area contributed by atoms with Gasteiger partial charge in [-0.2, -0.15) is 5.10 Å². The SMILES string of the molecule is Cc1cc(F)ccc1NCc1c(C)n[nH]c1C. The number of rotatable bonds is 3. The summed E-state index contributed by atoms with van der Waals surface area (Å²) in [5, 5.41) is 10.4. The molecule has 0 aliphatic carbocycles. The molecule has 0 radical (unpaired) electrons. The predicted molar refractivity (Wildman–Crippen MR) is 66.5 cm³/mol. The Hall–Kier alpha value is -1.84. The Labute approximate surface area is 100 Å². The number of hydrogen-bond acceptors (Lipinski definition) is 2. The number of nitrogens with zero attached hydrogens (tertiary/aromatic N) is 1. The van der Waals surface area contributed by atoms with Crippen LogP contribution in [0, 0.1) is 26.6 Å². The summed E-state index contributed by atoms with van der Waals surface area (Å²) >= 11 is 0. The molecule has 0 amide bonds. The molecule has 1 aromatic heterocycles. The van der Waals surface area contributed by atoms with Crippen LogP contribution in [0.3, 0.4) is 0 Å². The summed E-state index contributed by atoms with van der Waals surface area (Å²) in [5.74, 6) is -0.205. The number of H-pyrrole nitrogens is 1. The predicted octanol–water partition coefficient (Wildman–Crippen LogP) is 3.09. The third kappa shape index (κ3) is 2.46. The summed E-state index contributed by atoms with van der Waals surface area (Å²) in [6.07, 6.45) is 0. The summed E-state index contributed by atoms with van der Waals surface area (Å²) in [4.78, 5) is 0. The molecule has 0 bridgehead atoms. The number of aromatic nitrogens is 2. The molecule has 0 spiro atoms. The molecule has 0 saturated heterocycles. The van der Waals surface area contributed by atoms with E-state index in [9.17, 15) is 4.39 Å². The number of aryl methyl sites for hydroxylation is 3. The van der Waals surface area contributed by atoms with Gasteiger partial charge >= 0.3 is 0 Å². The van der Waals surface area contributed by atoms with Crippen molar-refractivity contribution in [3.05, 3.63) is 46.5 Å². The zero-order valence-corrected chi connectivity index (χ0v) is 10.3. The smallest absolute Gasteiger partial charge is 0.123 e. The minimum Gasteiger partial charge on any atom is -0.381 e. The number of benzene rings is 1. The zero-order chi connectivity index (χ0) is 12.4. The molecule has 1 aromatic carbocycles. The van der Waals surface area contributed by atoms with Crippen molar-refractivity contribution in [1.82, 2.24) is 10.2 Å². The second-order valence-corrected chi connectivity index (χ2v) is 4.23. The van der Waals surface area contributed by atoms with Gasteiger partial charge in [0.05, 0.1) is 5.69 Å². The second-order valence-electron chi connectivity index (χ2n) is 4.23. The van der Waals surface area contributed by atoms with Crippen LogP contribution < -0.4 is 5.32 Å². The highest BCUT2D eigenvalue weighted by Gasteiger charge is 2.06. The van der Waals surface area contributed by atoms with Crippen molar-refractivity contribution in [3.63, 3.8) is 0 Å². The summed E-state index contributed by atoms with van der Waals surface area (Å²) < 4.78 is 12.9. The van der Waals surface area contributed by atoms with E-state index in [1.807, 2.05) is 20.8 Å². The molecule has 0 unspecified atom stereocenters. The zero-order valence-electron chi connectivity index (χ0n) is 10.3. The molecular weight excluding hydrogens is 217 g/mol. The first-order chi connectivity index (χ1) is 8.08. The molecule has 0 fully saturated rings. The third-order valence-corrected chi connectivity index (χ3v) is 2.92. The van der Waals surface area contributed by atoms with Crippen LogP contribution in [-0.4, -0.2) is 10.2 Å². The maximum absolute atomic E-state index is 12.9. The van der Waals surface area contributed by atoms with Crippen molar-refractivity contribution >= 4 is 5.69 Å². The molecule has 1 heterocycles. The van der Waals surface area contributed by atoms with Gasteiger partial charge < -0.3 is 5.32 Å². The van der Waals surface area contributed by atoms with Gasteiger partial charge in [0.1, 0.15) is 5.82 Å². The maximum Gasteiger partial charge on any atom is 0.123 e. The molecule has 0 atom stereocenters. The fourth-order valence-corrected chi connectivity index (χ4v) is 1.84. The number of hydrogen-bond donors (Lipinski definition) is 2. The molecule has 3 nitrogen and oxygen atoms in total. The highest BCUT2D eigenvalue weighted by Crippen LogP contribution is 2.18. The fraction of sp³-hybridized carbons (Fsp3) is 0.308. The quantitative estimate of drug-likeness (QED) is 0.855. The van der Waals surface area contributed by atoms with E-state index >= 15 is 0 Å². The fourth-order valence-electron chi connectivity index (χ4n) is 1.84. The van der Waals surface area contributed by atoms with Crippen LogP contribution in [0.2, 0.25) is 0 Å². The average molecular weight is 233 g/mol. The topological polar surface area (TPSA) is 40.7 Å². The van der Waals surface area contributed by atoms with Gasteiger partial charge in [-0.1, -0.05) is 0 Å². The maximum atomic E-state index is 12.9. The molecule has 2 N–H and O–H groups in total. The van der Waals surface area contributed by atoms with E-state index in [2.05, 4.69) is 15.5 Å². The van der Waals surface area contributed by atoms with Crippen LogP contribution in [0.4, 0.5) is 10.1 Å². The van der Waals surface area contributed by atoms with Crippen molar-refractivity contribution in [3.8, 4) is 0 Å². The van der Waals surface area contributed by atoms with E-state index in [1.54, 1.807) is 6.07 Å². The Kier molecular flexibility index (Phi) is 3.13. The Morgan fingerprint density at radius 1 is 1.29 bits per heavy atom. The van der Waals surface area contributed by atoms with Crippen molar-refractivity contribution in [2.24, 2.45) is 0 Å². The normalized spacial score (nSPS) is 10.6. The van der Waals surface area contributed by atoms with Gasteiger partial charge in [0.25, 0.3) is 0 Å². The summed E-state index contributed by atoms with van der Waals surface area (Å²) in [6, 6.07) is 4.75. The highest BCUT2D eigenvalue weighted by molar-refractivity contribution is 5.51. The highest BCUT2D eigenvalue weighted by atomic mass is 19.1. The molecule has 2 aromatic rings. The van der Waals surface area contributed by atoms with Crippen LogP contribution >= 0.6 is 0 Å². The van der Waals surface area contributed by atoms with E-state index in [0.29, 0.717) is 6.54 Å². The first-order valence-corrected chi connectivity index (χ1v) is 5.58. The van der Waals surface area contributed by atoms with Gasteiger partial charge in [-0.05, 0) is 44.5 Å². The molecule has 90 valence electrons. The van der Waals surface area contributed by atoms with Gasteiger partial charge in [-0.3, -0.25) is 5.10 Å². The van der Waals surface area contributed by atoms with Crippen molar-refractivity contribution < 1.29 is 4.39 Å². The standard InChI is InChI=1S/C13H16FN3/c1-8-6-11(14)4-5-13(8)15-7-12-9(2)16-17-10(12)3/h4-6,15H,7H2,1-3H3,(H,16,17). The van der Waals surface area contributed by atoms with E-state index in [0.717, 1.165) is 28.2 Å². The second kappa shape index (κ2) is 4.57. The Morgan fingerprint density at radius 2 is 2.06 bits per heavy atom. The molecule has 17 heavy (non-hydrogen) atoms. The van der Waals surface area contributed by atoms with E-state index in [-0.39, 0.29) is 5.82 Å². The summed E-state index contributed by atoms with van der Waals surface area (Å²) in [7, 11) is 0. The third-order valence-electron chi connectivity index (χ3n) is 2.92. The van der Waals surface area contributed by atoms with Crippen molar-refractivity contribution in [1.29, 1.82) is 0 Å². The molecular formula is C13H16FN3. The van der Waals surface area contributed by atoms with Crippen LogP contribution in [-0.2, 0) is 6.54 Å². The molecule has 0 saturated carbocycles. The lowest BCUT2D eigenvalue weighted by Gasteiger charge is -2.09. The van der Waals surface area contributed by atoms with Gasteiger partial charge in [0, 0.05) is 23.5 Å². The van der Waals surface area contributed by atoms with Gasteiger partial charge in [0.15, 0.2) is 0 Å². The van der Waals surface area contributed by atoms with Gasteiger partial charge in [0.2, 0.25) is 0 Å².